The molecule has 1 fully saturated rings. The second-order valence-electron chi connectivity index (χ2n) is 6.86. The van der Waals surface area contributed by atoms with Gasteiger partial charge in [-0.2, -0.15) is 5.10 Å². The summed E-state index contributed by atoms with van der Waals surface area (Å²) in [6.07, 6.45) is 6.57. The third-order valence-corrected chi connectivity index (χ3v) is 6.68. The first-order chi connectivity index (χ1) is 12.2. The van der Waals surface area contributed by atoms with Gasteiger partial charge in [0.15, 0.2) is 16.8 Å². The molecule has 132 valence electrons. The number of anilines is 2. The van der Waals surface area contributed by atoms with E-state index in [1.165, 1.54) is 32.1 Å². The number of hydrogen-bond donors (Lipinski definition) is 2. The minimum atomic E-state index is 0.424. The first-order valence-corrected chi connectivity index (χ1v) is 10.7. The number of hydrogen-bond acceptors (Lipinski definition) is 6. The molecule has 5 nitrogen and oxygen atoms in total. The average molecular weight is 374 g/mol. The van der Waals surface area contributed by atoms with Gasteiger partial charge in [0.2, 0.25) is 0 Å². The zero-order valence-corrected chi connectivity index (χ0v) is 16.2. The summed E-state index contributed by atoms with van der Waals surface area (Å²) in [5.41, 5.74) is 2.14. The van der Waals surface area contributed by atoms with Crippen molar-refractivity contribution in [3.8, 4) is 0 Å². The van der Waals surface area contributed by atoms with Crippen molar-refractivity contribution in [3.63, 3.8) is 0 Å². The van der Waals surface area contributed by atoms with Gasteiger partial charge >= 0.3 is 0 Å². The predicted octanol–water partition coefficient (Wildman–Crippen LogP) is 5.71. The molecule has 0 amide bonds. The molecule has 1 aliphatic rings. The Kier molecular flexibility index (Phi) is 4.94. The molecule has 0 saturated heterocycles. The van der Waals surface area contributed by atoms with Crippen molar-refractivity contribution in [2.45, 2.75) is 62.3 Å². The summed E-state index contributed by atoms with van der Waals surface area (Å²) >= 11 is 3.50. The fraction of sp³-hybridized carbons (Fsp3) is 0.500. The Hall–Kier alpha value is -1.60. The van der Waals surface area contributed by atoms with Crippen LogP contribution < -0.4 is 5.32 Å². The molecule has 7 heteroatoms. The van der Waals surface area contributed by atoms with Crippen LogP contribution in [0.5, 0.6) is 0 Å². The van der Waals surface area contributed by atoms with Crippen molar-refractivity contribution < 1.29 is 0 Å². The number of thioether (sulfide) groups is 1. The van der Waals surface area contributed by atoms with Crippen LogP contribution in [0.15, 0.2) is 22.7 Å². The molecule has 3 heterocycles. The third-order valence-electron chi connectivity index (χ3n) is 4.57. The first kappa shape index (κ1) is 16.8. The Morgan fingerprint density at radius 2 is 2.08 bits per heavy atom. The molecule has 4 rings (SSSR count). The van der Waals surface area contributed by atoms with E-state index in [0.29, 0.717) is 11.2 Å². The SMILES string of the molecule is CC(C)c1cc(Nc2nc(SC3CCCCC3)nc3ccsc23)n[nH]1. The molecule has 0 atom stereocenters. The van der Waals surface area contributed by atoms with Crippen molar-refractivity contribution in [1.82, 2.24) is 20.2 Å². The maximum absolute atomic E-state index is 4.81. The Morgan fingerprint density at radius 1 is 1.24 bits per heavy atom. The minimum Gasteiger partial charge on any atom is -0.322 e. The number of H-pyrrole nitrogens is 1. The molecule has 0 bridgehead atoms. The van der Waals surface area contributed by atoms with Gasteiger partial charge in [0.1, 0.15) is 0 Å². The van der Waals surface area contributed by atoms with Gasteiger partial charge in [-0.3, -0.25) is 5.10 Å². The molecule has 25 heavy (non-hydrogen) atoms. The highest BCUT2D eigenvalue weighted by Gasteiger charge is 2.18. The molecule has 0 radical (unpaired) electrons. The van der Waals surface area contributed by atoms with Crippen LogP contribution in [-0.4, -0.2) is 25.4 Å². The molecule has 1 aliphatic carbocycles. The summed E-state index contributed by atoms with van der Waals surface area (Å²) in [5.74, 6) is 2.10. The Labute approximate surface area is 156 Å². The largest absolute Gasteiger partial charge is 0.322 e. The number of thiophene rings is 1. The van der Waals surface area contributed by atoms with E-state index in [-0.39, 0.29) is 0 Å². The molecule has 0 aromatic carbocycles. The quantitative estimate of drug-likeness (QED) is 0.561. The molecule has 3 aromatic rings. The maximum atomic E-state index is 4.81. The lowest BCUT2D eigenvalue weighted by Gasteiger charge is -2.20. The summed E-state index contributed by atoms with van der Waals surface area (Å²) in [6, 6.07) is 4.13. The van der Waals surface area contributed by atoms with E-state index in [0.717, 1.165) is 32.7 Å². The van der Waals surface area contributed by atoms with Crippen molar-refractivity contribution in [2.75, 3.05) is 5.32 Å². The molecule has 1 saturated carbocycles. The van der Waals surface area contributed by atoms with Gasteiger partial charge < -0.3 is 5.32 Å². The van der Waals surface area contributed by atoms with E-state index < -0.39 is 0 Å². The first-order valence-electron chi connectivity index (χ1n) is 8.93. The maximum Gasteiger partial charge on any atom is 0.190 e. The zero-order valence-electron chi connectivity index (χ0n) is 14.6. The molecular formula is C18H23N5S2. The van der Waals surface area contributed by atoms with Crippen LogP contribution in [-0.2, 0) is 0 Å². The lowest BCUT2D eigenvalue weighted by atomic mass is 10.0. The van der Waals surface area contributed by atoms with E-state index in [2.05, 4.69) is 46.9 Å². The average Bonchev–Trinajstić information content (AvgIpc) is 3.25. The van der Waals surface area contributed by atoms with Crippen molar-refractivity contribution in [3.05, 3.63) is 23.2 Å². The van der Waals surface area contributed by atoms with Gasteiger partial charge in [-0.1, -0.05) is 44.9 Å². The van der Waals surface area contributed by atoms with Crippen LogP contribution in [0.2, 0.25) is 0 Å². The Balaban J connectivity index is 1.60. The van der Waals surface area contributed by atoms with Gasteiger partial charge in [0.05, 0.1) is 10.2 Å². The van der Waals surface area contributed by atoms with Gasteiger partial charge in [-0.25, -0.2) is 9.97 Å². The third kappa shape index (κ3) is 3.82. The normalized spacial score (nSPS) is 16.0. The van der Waals surface area contributed by atoms with E-state index in [9.17, 15) is 0 Å². The Bertz CT molecular complexity index is 848. The predicted molar refractivity (Wildman–Crippen MR) is 106 cm³/mol. The molecule has 0 unspecified atom stereocenters. The van der Waals surface area contributed by atoms with Crippen molar-refractivity contribution in [2.24, 2.45) is 0 Å². The van der Waals surface area contributed by atoms with Crippen LogP contribution in [0.1, 0.15) is 57.6 Å². The van der Waals surface area contributed by atoms with Gasteiger partial charge in [-0.05, 0) is 30.2 Å². The van der Waals surface area contributed by atoms with Crippen LogP contribution in [0, 0.1) is 0 Å². The summed E-state index contributed by atoms with van der Waals surface area (Å²) in [7, 11) is 0. The van der Waals surface area contributed by atoms with E-state index >= 15 is 0 Å². The highest BCUT2D eigenvalue weighted by atomic mass is 32.2. The van der Waals surface area contributed by atoms with Crippen molar-refractivity contribution >= 4 is 45.0 Å². The highest BCUT2D eigenvalue weighted by Crippen LogP contribution is 2.35. The van der Waals surface area contributed by atoms with Crippen LogP contribution in [0.4, 0.5) is 11.6 Å². The number of nitrogens with one attached hydrogen (secondary N) is 2. The molecular weight excluding hydrogens is 350 g/mol. The number of nitrogens with zero attached hydrogens (tertiary/aromatic N) is 3. The summed E-state index contributed by atoms with van der Waals surface area (Å²) in [5, 5.41) is 14.4. The second kappa shape index (κ2) is 7.33. The summed E-state index contributed by atoms with van der Waals surface area (Å²) in [6.45, 7) is 4.30. The van der Waals surface area contributed by atoms with Gasteiger partial charge in [0.25, 0.3) is 0 Å². The minimum absolute atomic E-state index is 0.424. The second-order valence-corrected chi connectivity index (χ2v) is 9.04. The smallest absolute Gasteiger partial charge is 0.190 e. The van der Waals surface area contributed by atoms with Crippen LogP contribution >= 0.6 is 23.1 Å². The molecule has 0 aliphatic heterocycles. The number of aromatic nitrogens is 4. The molecule has 3 aromatic heterocycles. The summed E-state index contributed by atoms with van der Waals surface area (Å²) in [4.78, 5) is 9.57. The summed E-state index contributed by atoms with van der Waals surface area (Å²) < 4.78 is 1.09. The van der Waals surface area contributed by atoms with E-state index in [1.54, 1.807) is 11.3 Å². The van der Waals surface area contributed by atoms with Crippen molar-refractivity contribution in [1.29, 1.82) is 0 Å². The Morgan fingerprint density at radius 3 is 2.84 bits per heavy atom. The van der Waals surface area contributed by atoms with E-state index in [4.69, 9.17) is 9.97 Å². The topological polar surface area (TPSA) is 66.5 Å². The number of rotatable bonds is 5. The monoisotopic (exact) mass is 373 g/mol. The van der Waals surface area contributed by atoms with Crippen LogP contribution in [0.25, 0.3) is 10.2 Å². The molecule has 2 N–H and O–H groups in total. The lowest BCUT2D eigenvalue weighted by molar-refractivity contribution is 0.515. The lowest BCUT2D eigenvalue weighted by Crippen LogP contribution is -2.09. The fourth-order valence-electron chi connectivity index (χ4n) is 3.13. The van der Waals surface area contributed by atoms with E-state index in [1.807, 2.05) is 11.8 Å². The fourth-order valence-corrected chi connectivity index (χ4v) is 5.07. The highest BCUT2D eigenvalue weighted by molar-refractivity contribution is 7.99. The number of fused-ring (bicyclic) bond motifs is 1. The number of aromatic amines is 1. The van der Waals surface area contributed by atoms with Gasteiger partial charge in [0, 0.05) is 17.0 Å². The zero-order chi connectivity index (χ0) is 17.2. The van der Waals surface area contributed by atoms with Gasteiger partial charge in [-0.15, -0.1) is 11.3 Å². The molecule has 0 spiro atoms. The van der Waals surface area contributed by atoms with Crippen LogP contribution in [0.3, 0.4) is 0 Å². The standard InChI is InChI=1S/C18H23N5S2/c1-11(2)14-10-15(23-22-14)20-17-16-13(8-9-24-16)19-18(21-17)25-12-6-4-3-5-7-12/h8-12H,3-7H2,1-2H3,(H2,19,20,21,22,23).